The predicted octanol–water partition coefficient (Wildman–Crippen LogP) is 4.48. The van der Waals surface area contributed by atoms with Crippen LogP contribution < -0.4 is 5.32 Å². The smallest absolute Gasteiger partial charge is 0.230 e. The molecule has 4 nitrogen and oxygen atoms in total. The molecule has 2 aromatic rings. The van der Waals surface area contributed by atoms with Gasteiger partial charge in [-0.1, -0.05) is 42.8 Å². The monoisotopic (exact) mass is 407 g/mol. The van der Waals surface area contributed by atoms with Crippen molar-refractivity contribution in [2.45, 2.75) is 51.1 Å². The number of nitrogens with one attached hydrogen (secondary N) is 1. The summed E-state index contributed by atoms with van der Waals surface area (Å²) < 4.78 is 0. The maximum Gasteiger partial charge on any atom is 0.230 e. The number of carbonyl (C=O) groups is 1. The summed E-state index contributed by atoms with van der Waals surface area (Å²) in [7, 11) is 0. The number of hydrogen-bond acceptors (Lipinski definition) is 4. The Morgan fingerprint density at radius 3 is 2.48 bits per heavy atom. The molecule has 5 heteroatoms. The van der Waals surface area contributed by atoms with Crippen molar-refractivity contribution in [3.63, 3.8) is 0 Å². The molecule has 1 N–H and O–H groups in total. The highest BCUT2D eigenvalue weighted by Crippen LogP contribution is 2.19. The van der Waals surface area contributed by atoms with Gasteiger partial charge in [0.15, 0.2) is 0 Å². The van der Waals surface area contributed by atoms with E-state index in [4.69, 9.17) is 5.26 Å². The highest BCUT2D eigenvalue weighted by atomic mass is 32.2. The van der Waals surface area contributed by atoms with Crippen LogP contribution in [0.5, 0.6) is 0 Å². The molecule has 3 rings (SSSR count). The summed E-state index contributed by atoms with van der Waals surface area (Å²) >= 11 is 1.58. The van der Waals surface area contributed by atoms with Gasteiger partial charge in [-0.3, -0.25) is 9.69 Å². The first-order chi connectivity index (χ1) is 14.1. The number of carbonyl (C=O) groups excluding carboxylic acids is 1. The van der Waals surface area contributed by atoms with E-state index < -0.39 is 0 Å². The van der Waals surface area contributed by atoms with Gasteiger partial charge in [0.25, 0.3) is 0 Å². The fourth-order valence-electron chi connectivity index (χ4n) is 3.58. The summed E-state index contributed by atoms with van der Waals surface area (Å²) in [4.78, 5) is 14.7. The lowest BCUT2D eigenvalue weighted by molar-refractivity contribution is -0.118. The van der Waals surface area contributed by atoms with E-state index in [0.717, 1.165) is 23.4 Å². The minimum absolute atomic E-state index is 0.0508. The van der Waals surface area contributed by atoms with Crippen LogP contribution in [0.2, 0.25) is 0 Å². The third kappa shape index (κ3) is 6.92. The lowest BCUT2D eigenvalue weighted by atomic mass is 10.0. The Hall–Kier alpha value is -2.29. The fraction of sp³-hybridized carbons (Fsp3) is 0.417. The minimum atomic E-state index is 0.0508. The van der Waals surface area contributed by atoms with Crippen LogP contribution in [0.4, 0.5) is 0 Å². The average molecular weight is 408 g/mol. The summed E-state index contributed by atoms with van der Waals surface area (Å²) in [5, 5.41) is 11.8. The molecule has 29 heavy (non-hydrogen) atoms. The number of likely N-dealkylation sites (tertiary alicyclic amines) is 1. The van der Waals surface area contributed by atoms with Crippen LogP contribution in [-0.2, 0) is 23.6 Å². The second-order valence-electron chi connectivity index (χ2n) is 7.71. The summed E-state index contributed by atoms with van der Waals surface area (Å²) in [5.41, 5.74) is 4.26. The quantitative estimate of drug-likeness (QED) is 0.701. The van der Waals surface area contributed by atoms with Gasteiger partial charge in [-0.2, -0.15) is 5.26 Å². The lowest BCUT2D eigenvalue weighted by Gasteiger charge is -2.33. The molecule has 1 atom stereocenters. The number of nitriles is 1. The van der Waals surface area contributed by atoms with Crippen molar-refractivity contribution in [2.75, 3.05) is 12.3 Å². The van der Waals surface area contributed by atoms with Gasteiger partial charge in [0.2, 0.25) is 5.91 Å². The van der Waals surface area contributed by atoms with E-state index in [0.29, 0.717) is 23.9 Å². The second-order valence-corrected chi connectivity index (χ2v) is 8.70. The highest BCUT2D eigenvalue weighted by molar-refractivity contribution is 7.99. The summed E-state index contributed by atoms with van der Waals surface area (Å²) in [6.07, 6.45) is 3.95. The highest BCUT2D eigenvalue weighted by Gasteiger charge is 2.17. The molecule has 0 spiro atoms. The zero-order chi connectivity index (χ0) is 20.5. The van der Waals surface area contributed by atoms with E-state index in [9.17, 15) is 4.79 Å². The maximum atomic E-state index is 12.1. The van der Waals surface area contributed by atoms with E-state index in [1.54, 1.807) is 11.8 Å². The molecule has 2 aromatic carbocycles. The summed E-state index contributed by atoms with van der Waals surface area (Å²) in [5.74, 6) is 1.25. The largest absolute Gasteiger partial charge is 0.351 e. The molecular formula is C24H29N3OS. The molecule has 1 aliphatic heterocycles. The van der Waals surface area contributed by atoms with Crippen molar-refractivity contribution in [3.05, 3.63) is 70.8 Å². The normalized spacial score (nSPS) is 16.9. The number of rotatable bonds is 8. The second kappa shape index (κ2) is 11.0. The van der Waals surface area contributed by atoms with Crippen molar-refractivity contribution in [2.24, 2.45) is 0 Å². The Morgan fingerprint density at radius 2 is 1.79 bits per heavy atom. The zero-order valence-corrected chi connectivity index (χ0v) is 17.9. The van der Waals surface area contributed by atoms with Gasteiger partial charge < -0.3 is 5.32 Å². The molecule has 1 unspecified atom stereocenters. The number of benzene rings is 2. The van der Waals surface area contributed by atoms with Crippen LogP contribution >= 0.6 is 11.8 Å². The number of amides is 1. The lowest BCUT2D eigenvalue weighted by Crippen LogP contribution is -2.36. The van der Waals surface area contributed by atoms with E-state index in [1.807, 2.05) is 24.3 Å². The third-order valence-electron chi connectivity index (χ3n) is 5.42. The first-order valence-electron chi connectivity index (χ1n) is 10.3. The molecule has 0 radical (unpaired) electrons. The first-order valence-corrected chi connectivity index (χ1v) is 11.4. The van der Waals surface area contributed by atoms with Crippen LogP contribution in [-0.4, -0.2) is 29.1 Å². The molecule has 1 fully saturated rings. The minimum Gasteiger partial charge on any atom is -0.351 e. The van der Waals surface area contributed by atoms with Gasteiger partial charge >= 0.3 is 0 Å². The molecule has 152 valence electrons. The SMILES string of the molecule is CC1CCCCN1Cc1ccc(CNC(=O)CSCc2ccc(C#N)cc2)cc1. The molecule has 1 heterocycles. The van der Waals surface area contributed by atoms with Crippen LogP contribution in [0.15, 0.2) is 48.5 Å². The predicted molar refractivity (Wildman–Crippen MR) is 119 cm³/mol. The van der Waals surface area contributed by atoms with Crippen LogP contribution in [0.1, 0.15) is 48.4 Å². The Labute approximate surface area is 178 Å². The van der Waals surface area contributed by atoms with Crippen molar-refractivity contribution >= 4 is 17.7 Å². The Morgan fingerprint density at radius 1 is 1.10 bits per heavy atom. The van der Waals surface area contributed by atoms with Crippen molar-refractivity contribution in [3.8, 4) is 6.07 Å². The fourth-order valence-corrected chi connectivity index (χ4v) is 4.40. The number of hydrogen-bond donors (Lipinski definition) is 1. The van der Waals surface area contributed by atoms with Gasteiger partial charge in [-0.05, 0) is 55.1 Å². The van der Waals surface area contributed by atoms with Crippen molar-refractivity contribution < 1.29 is 4.79 Å². The molecule has 0 aliphatic carbocycles. The average Bonchev–Trinajstić information content (AvgIpc) is 2.75. The molecule has 0 bridgehead atoms. The van der Waals surface area contributed by atoms with Gasteiger partial charge in [-0.15, -0.1) is 11.8 Å². The van der Waals surface area contributed by atoms with Crippen LogP contribution in [0, 0.1) is 11.3 Å². The number of nitrogens with zero attached hydrogens (tertiary/aromatic N) is 2. The Bertz CT molecular complexity index is 827. The van der Waals surface area contributed by atoms with Crippen LogP contribution in [0.3, 0.4) is 0 Å². The molecular weight excluding hydrogens is 378 g/mol. The summed E-state index contributed by atoms with van der Waals surface area (Å²) in [6.45, 7) is 5.10. The number of thioether (sulfide) groups is 1. The van der Waals surface area contributed by atoms with E-state index in [1.165, 1.54) is 31.4 Å². The van der Waals surface area contributed by atoms with Gasteiger partial charge in [0.1, 0.15) is 0 Å². The maximum absolute atomic E-state index is 12.1. The van der Waals surface area contributed by atoms with Crippen molar-refractivity contribution in [1.29, 1.82) is 5.26 Å². The molecule has 0 saturated carbocycles. The van der Waals surface area contributed by atoms with Crippen LogP contribution in [0.25, 0.3) is 0 Å². The van der Waals surface area contributed by atoms with Gasteiger partial charge in [0, 0.05) is 24.9 Å². The topological polar surface area (TPSA) is 56.1 Å². The Kier molecular flexibility index (Phi) is 8.15. The summed E-state index contributed by atoms with van der Waals surface area (Å²) in [6, 6.07) is 18.9. The standard InChI is InChI=1S/C24H29N3OS/c1-19-4-2-3-13-27(19)16-22-9-7-21(8-10-22)15-26-24(28)18-29-17-23-11-5-20(14-25)6-12-23/h5-12,19H,2-4,13,15-18H2,1H3,(H,26,28). The van der Waals surface area contributed by atoms with E-state index >= 15 is 0 Å². The zero-order valence-electron chi connectivity index (χ0n) is 17.1. The molecule has 0 aromatic heterocycles. The van der Waals surface area contributed by atoms with E-state index in [2.05, 4.69) is 47.5 Å². The third-order valence-corrected chi connectivity index (χ3v) is 6.43. The molecule has 1 aliphatic rings. The number of piperidine rings is 1. The van der Waals surface area contributed by atoms with Crippen molar-refractivity contribution in [1.82, 2.24) is 10.2 Å². The van der Waals surface area contributed by atoms with Gasteiger partial charge in [0.05, 0.1) is 17.4 Å². The van der Waals surface area contributed by atoms with Gasteiger partial charge in [-0.25, -0.2) is 0 Å². The first kappa shape index (κ1) is 21.4. The Balaban J connectivity index is 1.36. The molecule has 1 amide bonds. The molecule has 1 saturated heterocycles. The van der Waals surface area contributed by atoms with E-state index in [-0.39, 0.29) is 5.91 Å².